The maximum absolute atomic E-state index is 12.3. The lowest BCUT2D eigenvalue weighted by Crippen LogP contribution is -2.46. The number of nitrogens with two attached hydrogens (primary N) is 1. The van der Waals surface area contributed by atoms with Crippen LogP contribution in [0.25, 0.3) is 10.2 Å². The molecule has 1 amide bonds. The molecule has 1 aliphatic rings. The maximum atomic E-state index is 12.3. The van der Waals surface area contributed by atoms with Crippen molar-refractivity contribution >= 4 is 39.9 Å². The second-order valence-electron chi connectivity index (χ2n) is 6.44. The average molecular weight is 385 g/mol. The van der Waals surface area contributed by atoms with Gasteiger partial charge in [0.25, 0.3) is 5.56 Å². The molecule has 0 radical (unpaired) electrons. The van der Waals surface area contributed by atoms with Gasteiger partial charge in [-0.25, -0.2) is 4.98 Å². The minimum absolute atomic E-state index is 0. The molecule has 2 aromatic heterocycles. The Morgan fingerprint density at radius 2 is 2.16 bits per heavy atom. The van der Waals surface area contributed by atoms with Gasteiger partial charge >= 0.3 is 0 Å². The summed E-state index contributed by atoms with van der Waals surface area (Å²) < 4.78 is 1.51. The smallest absolute Gasteiger partial charge is 0.262 e. The van der Waals surface area contributed by atoms with Gasteiger partial charge in [-0.1, -0.05) is 19.3 Å². The Morgan fingerprint density at radius 3 is 2.88 bits per heavy atom. The number of thiophene rings is 1. The van der Waals surface area contributed by atoms with Crippen molar-refractivity contribution in [2.24, 2.45) is 11.7 Å². The zero-order valence-corrected chi connectivity index (χ0v) is 15.8. The molecule has 0 aromatic carbocycles. The molecule has 6 nitrogen and oxygen atoms in total. The normalized spacial score (nSPS) is 16.4. The third kappa shape index (κ3) is 4.80. The topological polar surface area (TPSA) is 90.0 Å². The van der Waals surface area contributed by atoms with Crippen LogP contribution in [0.2, 0.25) is 0 Å². The van der Waals surface area contributed by atoms with Crippen LogP contribution in [0, 0.1) is 5.92 Å². The number of rotatable bonds is 6. The molecule has 3 rings (SSSR count). The molecule has 0 bridgehead atoms. The van der Waals surface area contributed by atoms with Gasteiger partial charge in [0.2, 0.25) is 5.91 Å². The molecule has 8 heteroatoms. The Kier molecular flexibility index (Phi) is 7.40. The molecule has 0 saturated heterocycles. The van der Waals surface area contributed by atoms with E-state index in [1.165, 1.54) is 41.5 Å². The first-order valence-electron chi connectivity index (χ1n) is 8.61. The summed E-state index contributed by atoms with van der Waals surface area (Å²) in [7, 11) is 0. The predicted molar refractivity (Wildman–Crippen MR) is 103 cm³/mol. The maximum Gasteiger partial charge on any atom is 0.262 e. The van der Waals surface area contributed by atoms with Gasteiger partial charge in [-0.3, -0.25) is 14.2 Å². The van der Waals surface area contributed by atoms with Crippen molar-refractivity contribution in [3.05, 3.63) is 28.1 Å². The largest absolute Gasteiger partial charge is 0.352 e. The number of hydrogen-bond acceptors (Lipinski definition) is 5. The van der Waals surface area contributed by atoms with Crippen molar-refractivity contribution in [2.75, 3.05) is 6.54 Å². The van der Waals surface area contributed by atoms with Crippen LogP contribution in [0.3, 0.4) is 0 Å². The SMILES string of the molecule is Cl.NCC(NC(=O)CCn1cnc2sccc2c1=O)C1CCCCC1. The van der Waals surface area contributed by atoms with Gasteiger partial charge in [-0.2, -0.15) is 0 Å². The van der Waals surface area contributed by atoms with E-state index in [1.54, 1.807) is 6.07 Å². The van der Waals surface area contributed by atoms with Crippen LogP contribution in [-0.2, 0) is 11.3 Å². The van der Waals surface area contributed by atoms with E-state index in [-0.39, 0.29) is 36.3 Å². The van der Waals surface area contributed by atoms with E-state index in [1.807, 2.05) is 5.38 Å². The van der Waals surface area contributed by atoms with E-state index in [4.69, 9.17) is 5.73 Å². The highest BCUT2D eigenvalue weighted by molar-refractivity contribution is 7.16. The highest BCUT2D eigenvalue weighted by Gasteiger charge is 2.23. The third-order valence-corrected chi connectivity index (χ3v) is 5.67. The minimum atomic E-state index is -0.0864. The molecule has 25 heavy (non-hydrogen) atoms. The number of fused-ring (bicyclic) bond motifs is 1. The molecule has 1 unspecified atom stereocenters. The standard InChI is InChI=1S/C17H24N4O2S.ClH/c18-10-14(12-4-2-1-3-5-12)20-15(22)6-8-21-11-19-16-13(17(21)23)7-9-24-16;/h7,9,11-12,14H,1-6,8,10,18H2,(H,20,22);1H. The Labute approximate surface area is 157 Å². The Hall–Kier alpha value is -1.44. The summed E-state index contributed by atoms with van der Waals surface area (Å²) in [4.78, 5) is 29.6. The number of nitrogens with one attached hydrogen (secondary N) is 1. The van der Waals surface area contributed by atoms with Gasteiger partial charge in [-0.15, -0.1) is 23.7 Å². The molecule has 0 spiro atoms. The molecule has 1 saturated carbocycles. The number of hydrogen-bond donors (Lipinski definition) is 2. The molecular formula is C17H25ClN4O2S. The van der Waals surface area contributed by atoms with Crippen LogP contribution in [0.5, 0.6) is 0 Å². The molecule has 3 N–H and O–H groups in total. The quantitative estimate of drug-likeness (QED) is 0.799. The lowest BCUT2D eigenvalue weighted by atomic mass is 9.84. The lowest BCUT2D eigenvalue weighted by molar-refractivity contribution is -0.122. The lowest BCUT2D eigenvalue weighted by Gasteiger charge is -2.30. The van der Waals surface area contributed by atoms with Gasteiger partial charge in [0.15, 0.2) is 0 Å². The third-order valence-electron chi connectivity index (χ3n) is 4.85. The number of nitrogens with zero attached hydrogens (tertiary/aromatic N) is 2. The summed E-state index contributed by atoms with van der Waals surface area (Å²) in [5.41, 5.74) is 5.77. The fourth-order valence-corrected chi connectivity index (χ4v) is 4.18. The Balaban J connectivity index is 0.00000225. The van der Waals surface area contributed by atoms with Crippen molar-refractivity contribution in [3.63, 3.8) is 0 Å². The number of halogens is 1. The molecule has 2 heterocycles. The fourth-order valence-electron chi connectivity index (χ4n) is 3.46. The van der Waals surface area contributed by atoms with Gasteiger partial charge in [-0.05, 0) is 30.2 Å². The zero-order valence-electron chi connectivity index (χ0n) is 14.1. The molecule has 2 aromatic rings. The van der Waals surface area contributed by atoms with E-state index >= 15 is 0 Å². The summed E-state index contributed by atoms with van der Waals surface area (Å²) >= 11 is 1.44. The van der Waals surface area contributed by atoms with E-state index in [2.05, 4.69) is 10.3 Å². The number of aryl methyl sites for hydroxylation is 1. The summed E-state index contributed by atoms with van der Waals surface area (Å²) in [6.07, 6.45) is 7.79. The summed E-state index contributed by atoms with van der Waals surface area (Å²) in [6.45, 7) is 0.810. The number of carbonyl (C=O) groups is 1. The van der Waals surface area contributed by atoms with Gasteiger partial charge in [0.05, 0.1) is 11.7 Å². The fraction of sp³-hybridized carbons (Fsp3) is 0.588. The molecule has 0 aliphatic heterocycles. The monoisotopic (exact) mass is 384 g/mol. The number of carbonyl (C=O) groups excluding carboxylic acids is 1. The van der Waals surface area contributed by atoms with Crippen LogP contribution >= 0.6 is 23.7 Å². The molecule has 1 atom stereocenters. The molecule has 1 aliphatic carbocycles. The molecular weight excluding hydrogens is 360 g/mol. The number of amides is 1. The van der Waals surface area contributed by atoms with Crippen molar-refractivity contribution < 1.29 is 4.79 Å². The van der Waals surface area contributed by atoms with Gasteiger partial charge < -0.3 is 11.1 Å². The zero-order chi connectivity index (χ0) is 16.9. The van der Waals surface area contributed by atoms with Crippen LogP contribution in [0.1, 0.15) is 38.5 Å². The first-order valence-corrected chi connectivity index (χ1v) is 9.49. The first kappa shape index (κ1) is 19.9. The highest BCUT2D eigenvalue weighted by Crippen LogP contribution is 2.26. The van der Waals surface area contributed by atoms with E-state index in [9.17, 15) is 9.59 Å². The second kappa shape index (κ2) is 9.31. The predicted octanol–water partition coefficient (Wildman–Crippen LogP) is 2.29. The van der Waals surface area contributed by atoms with Gasteiger partial charge in [0.1, 0.15) is 4.83 Å². The van der Waals surface area contributed by atoms with Crippen molar-refractivity contribution in [1.29, 1.82) is 0 Å². The van der Waals surface area contributed by atoms with E-state index in [0.29, 0.717) is 24.4 Å². The average Bonchev–Trinajstić information content (AvgIpc) is 3.09. The van der Waals surface area contributed by atoms with E-state index < -0.39 is 0 Å². The van der Waals surface area contributed by atoms with Gasteiger partial charge in [0, 0.05) is 25.6 Å². The Bertz CT molecular complexity index is 754. The van der Waals surface area contributed by atoms with Crippen molar-refractivity contribution in [1.82, 2.24) is 14.9 Å². The summed E-state index contributed by atoms with van der Waals surface area (Å²) in [5.74, 6) is 0.438. The summed E-state index contributed by atoms with van der Waals surface area (Å²) in [6, 6.07) is 1.83. The van der Waals surface area contributed by atoms with Crippen LogP contribution < -0.4 is 16.6 Å². The number of aromatic nitrogens is 2. The molecule has 138 valence electrons. The Morgan fingerprint density at radius 1 is 1.40 bits per heavy atom. The van der Waals surface area contributed by atoms with Crippen LogP contribution in [0.15, 0.2) is 22.6 Å². The molecule has 1 fully saturated rings. The van der Waals surface area contributed by atoms with Crippen LogP contribution in [0.4, 0.5) is 0 Å². The highest BCUT2D eigenvalue weighted by atomic mass is 35.5. The van der Waals surface area contributed by atoms with Crippen molar-refractivity contribution in [2.45, 2.75) is 51.1 Å². The summed E-state index contributed by atoms with van der Waals surface area (Å²) in [5, 5.41) is 5.53. The van der Waals surface area contributed by atoms with Crippen molar-refractivity contribution in [3.8, 4) is 0 Å². The van der Waals surface area contributed by atoms with E-state index in [0.717, 1.165) is 17.7 Å². The minimum Gasteiger partial charge on any atom is -0.352 e. The van der Waals surface area contributed by atoms with Crippen LogP contribution in [-0.4, -0.2) is 28.0 Å². The first-order chi connectivity index (χ1) is 11.7. The second-order valence-corrected chi connectivity index (χ2v) is 7.33.